The van der Waals surface area contributed by atoms with Crippen LogP contribution in [0.25, 0.3) is 0 Å². The van der Waals surface area contributed by atoms with Gasteiger partial charge in [-0.2, -0.15) is 0 Å². The molecule has 3 aromatic rings. The highest BCUT2D eigenvalue weighted by Gasteiger charge is 2.20. The van der Waals surface area contributed by atoms with Crippen molar-refractivity contribution in [3.63, 3.8) is 0 Å². The summed E-state index contributed by atoms with van der Waals surface area (Å²) in [6, 6.07) is 19.7. The van der Waals surface area contributed by atoms with Crippen LogP contribution in [-0.4, -0.2) is 13.1 Å². The maximum atomic E-state index is 14.4. The zero-order chi connectivity index (χ0) is 21.1. The van der Waals surface area contributed by atoms with Crippen LogP contribution in [-0.2, 0) is 6.42 Å². The highest BCUT2D eigenvalue weighted by Crippen LogP contribution is 2.32. The minimum absolute atomic E-state index is 0.0401. The lowest BCUT2D eigenvalue weighted by molar-refractivity contribution is 0.404. The fourth-order valence-electron chi connectivity index (χ4n) is 4.11. The smallest absolute Gasteiger partial charge is 0.154 e. The van der Waals surface area contributed by atoms with Crippen molar-refractivity contribution in [2.24, 2.45) is 5.92 Å². The molecule has 5 heteroatoms. The second-order valence-corrected chi connectivity index (χ2v) is 8.05. The van der Waals surface area contributed by atoms with Gasteiger partial charge < -0.3 is 16.0 Å². The number of nitrogens with zero attached hydrogens (tertiary/aromatic N) is 1. The van der Waals surface area contributed by atoms with E-state index in [4.69, 9.17) is 5.73 Å². The van der Waals surface area contributed by atoms with Crippen molar-refractivity contribution in [3.05, 3.63) is 83.4 Å². The van der Waals surface area contributed by atoms with Gasteiger partial charge in [0.25, 0.3) is 0 Å². The molecule has 3 nitrogen and oxygen atoms in total. The first kappa shape index (κ1) is 20.2. The Kier molecular flexibility index (Phi) is 5.88. The van der Waals surface area contributed by atoms with Crippen LogP contribution in [0.15, 0.2) is 60.7 Å². The van der Waals surface area contributed by atoms with Gasteiger partial charge in [-0.3, -0.25) is 0 Å². The molecule has 3 N–H and O–H groups in total. The predicted molar refractivity (Wildman–Crippen MR) is 120 cm³/mol. The molecule has 3 aromatic carbocycles. The van der Waals surface area contributed by atoms with Gasteiger partial charge in [0.15, 0.2) is 5.82 Å². The molecule has 0 aromatic heterocycles. The third-order valence-corrected chi connectivity index (χ3v) is 5.96. The lowest BCUT2D eigenvalue weighted by Crippen LogP contribution is -2.34. The number of nitrogens with two attached hydrogens (primary N) is 1. The fraction of sp³-hybridized carbons (Fsp3) is 0.280. The number of benzene rings is 3. The monoisotopic (exact) mass is 407 g/mol. The Balaban J connectivity index is 1.37. The lowest BCUT2D eigenvalue weighted by atomic mass is 9.90. The molecule has 0 atom stereocenters. The number of halogens is 2. The van der Waals surface area contributed by atoms with Gasteiger partial charge in [-0.25, -0.2) is 8.78 Å². The molecule has 156 valence electrons. The van der Waals surface area contributed by atoms with Gasteiger partial charge in [-0.15, -0.1) is 0 Å². The zero-order valence-electron chi connectivity index (χ0n) is 17.2. The molecule has 0 saturated carbocycles. The van der Waals surface area contributed by atoms with Gasteiger partial charge in [-0.05, 0) is 68.0 Å². The van der Waals surface area contributed by atoms with Crippen LogP contribution >= 0.6 is 0 Å². The number of nitrogen functional groups attached to an aromatic ring is 1. The average molecular weight is 408 g/mol. The summed E-state index contributed by atoms with van der Waals surface area (Å²) in [7, 11) is 0. The first-order valence-corrected chi connectivity index (χ1v) is 10.4. The molecule has 1 heterocycles. The standard InChI is InChI=1S/C25H27F2N3/c1-17-22(26)16-23(28)25(24(17)27)29-20-7-9-21(10-8-20)30-13-11-19(12-14-30)15-18-5-3-2-4-6-18/h2-10,16,19,29H,11-15,28H2,1H3. The van der Waals surface area contributed by atoms with Crippen molar-refractivity contribution in [2.75, 3.05) is 29.0 Å². The van der Waals surface area contributed by atoms with Gasteiger partial charge >= 0.3 is 0 Å². The van der Waals surface area contributed by atoms with Crippen LogP contribution in [0.2, 0.25) is 0 Å². The Morgan fingerprint density at radius 1 is 1.00 bits per heavy atom. The Labute approximate surface area is 176 Å². The number of hydrogen-bond donors (Lipinski definition) is 2. The lowest BCUT2D eigenvalue weighted by Gasteiger charge is -2.34. The van der Waals surface area contributed by atoms with Crippen molar-refractivity contribution >= 4 is 22.7 Å². The second-order valence-electron chi connectivity index (χ2n) is 8.05. The SMILES string of the molecule is Cc1c(F)cc(N)c(Nc2ccc(N3CCC(Cc4ccccc4)CC3)cc2)c1F. The van der Waals surface area contributed by atoms with Crippen LogP contribution in [0.3, 0.4) is 0 Å². The molecule has 1 fully saturated rings. The van der Waals surface area contributed by atoms with Gasteiger partial charge in [0.1, 0.15) is 5.82 Å². The van der Waals surface area contributed by atoms with E-state index in [1.165, 1.54) is 25.3 Å². The number of hydrogen-bond acceptors (Lipinski definition) is 3. The summed E-state index contributed by atoms with van der Waals surface area (Å²) in [5.41, 5.74) is 9.22. The van der Waals surface area contributed by atoms with E-state index in [0.29, 0.717) is 5.69 Å². The minimum Gasteiger partial charge on any atom is -0.397 e. The summed E-state index contributed by atoms with van der Waals surface area (Å²) in [5.74, 6) is -0.573. The molecule has 0 spiro atoms. The minimum atomic E-state index is -0.655. The van der Waals surface area contributed by atoms with Crippen LogP contribution in [0.4, 0.5) is 31.5 Å². The Bertz CT molecular complexity index is 995. The molecule has 1 saturated heterocycles. The first-order valence-electron chi connectivity index (χ1n) is 10.4. The molecule has 1 aliphatic rings. The Morgan fingerprint density at radius 3 is 2.33 bits per heavy atom. The van der Waals surface area contributed by atoms with Crippen LogP contribution in [0, 0.1) is 24.5 Å². The van der Waals surface area contributed by atoms with Crippen LogP contribution < -0.4 is 16.0 Å². The molecule has 0 radical (unpaired) electrons. The van der Waals surface area contributed by atoms with E-state index in [-0.39, 0.29) is 16.9 Å². The summed E-state index contributed by atoms with van der Waals surface area (Å²) in [5, 5.41) is 2.99. The van der Waals surface area contributed by atoms with Gasteiger partial charge in [0.2, 0.25) is 0 Å². The molecular formula is C25H27F2N3. The Hall–Kier alpha value is -3.08. The third kappa shape index (κ3) is 4.40. The molecule has 0 unspecified atom stereocenters. The molecule has 0 bridgehead atoms. The van der Waals surface area contributed by atoms with E-state index in [0.717, 1.165) is 37.2 Å². The number of rotatable bonds is 5. The molecule has 30 heavy (non-hydrogen) atoms. The summed E-state index contributed by atoms with van der Waals surface area (Å²) in [6.07, 6.45) is 3.48. The van der Waals surface area contributed by atoms with E-state index in [1.54, 1.807) is 0 Å². The first-order chi connectivity index (χ1) is 14.5. The van der Waals surface area contributed by atoms with Gasteiger partial charge in [0, 0.05) is 30.0 Å². The topological polar surface area (TPSA) is 41.3 Å². The molecule has 0 amide bonds. The van der Waals surface area contributed by atoms with E-state index in [2.05, 4.69) is 40.5 Å². The fourth-order valence-corrected chi connectivity index (χ4v) is 4.11. The van der Waals surface area contributed by atoms with Crippen LogP contribution in [0.1, 0.15) is 24.0 Å². The number of piperidine rings is 1. The summed E-state index contributed by atoms with van der Waals surface area (Å²) in [6.45, 7) is 3.46. The van der Waals surface area contributed by atoms with Crippen molar-refractivity contribution in [2.45, 2.75) is 26.2 Å². The van der Waals surface area contributed by atoms with E-state index in [9.17, 15) is 8.78 Å². The highest BCUT2D eigenvalue weighted by atomic mass is 19.1. The molecule has 1 aliphatic heterocycles. The number of nitrogens with one attached hydrogen (secondary N) is 1. The van der Waals surface area contributed by atoms with E-state index >= 15 is 0 Å². The summed E-state index contributed by atoms with van der Waals surface area (Å²) < 4.78 is 28.0. The predicted octanol–water partition coefficient (Wildman–Crippen LogP) is 6.06. The molecule has 0 aliphatic carbocycles. The van der Waals surface area contributed by atoms with E-state index in [1.807, 2.05) is 24.3 Å². The van der Waals surface area contributed by atoms with Crippen molar-refractivity contribution in [1.29, 1.82) is 0 Å². The normalized spacial score (nSPS) is 14.7. The Morgan fingerprint density at radius 2 is 1.67 bits per heavy atom. The van der Waals surface area contributed by atoms with Gasteiger partial charge in [0.05, 0.1) is 11.4 Å². The average Bonchev–Trinajstić information content (AvgIpc) is 2.77. The highest BCUT2D eigenvalue weighted by molar-refractivity contribution is 5.74. The molecular weight excluding hydrogens is 380 g/mol. The van der Waals surface area contributed by atoms with Crippen molar-refractivity contribution < 1.29 is 8.78 Å². The van der Waals surface area contributed by atoms with Crippen molar-refractivity contribution in [1.82, 2.24) is 0 Å². The summed E-state index contributed by atoms with van der Waals surface area (Å²) >= 11 is 0. The maximum absolute atomic E-state index is 14.4. The zero-order valence-corrected chi connectivity index (χ0v) is 17.2. The maximum Gasteiger partial charge on any atom is 0.154 e. The third-order valence-electron chi connectivity index (χ3n) is 5.96. The van der Waals surface area contributed by atoms with Crippen molar-refractivity contribution in [3.8, 4) is 0 Å². The van der Waals surface area contributed by atoms with Crippen LogP contribution in [0.5, 0.6) is 0 Å². The number of anilines is 4. The quantitative estimate of drug-likeness (QED) is 0.505. The van der Waals surface area contributed by atoms with E-state index < -0.39 is 11.6 Å². The molecule has 4 rings (SSSR count). The largest absolute Gasteiger partial charge is 0.397 e. The van der Waals surface area contributed by atoms with Gasteiger partial charge in [-0.1, -0.05) is 30.3 Å². The second kappa shape index (κ2) is 8.74. The summed E-state index contributed by atoms with van der Waals surface area (Å²) in [4.78, 5) is 2.39.